The van der Waals surface area contributed by atoms with Gasteiger partial charge in [0.25, 0.3) is 0 Å². The number of hydrogen-bond donors (Lipinski definition) is 3. The molecule has 0 saturated heterocycles. The number of aliphatic hydroxyl groups is 1. The molecule has 1 atom stereocenters. The Hall–Kier alpha value is -3.76. The van der Waals surface area contributed by atoms with Gasteiger partial charge in [0.05, 0.1) is 22.6 Å². The minimum atomic E-state index is -2.31. The van der Waals surface area contributed by atoms with Crippen molar-refractivity contribution in [2.24, 2.45) is 0 Å². The third-order valence-electron chi connectivity index (χ3n) is 6.73. The minimum Gasteiger partial charge on any atom is -0.493 e. The van der Waals surface area contributed by atoms with Crippen molar-refractivity contribution in [3.63, 3.8) is 0 Å². The number of nitrogens with zero attached hydrogens (tertiary/aromatic N) is 1. The lowest BCUT2D eigenvalue weighted by Gasteiger charge is -2.26. The predicted molar refractivity (Wildman–Crippen MR) is 148 cm³/mol. The first kappa shape index (κ1) is 26.5. The zero-order valence-electron chi connectivity index (χ0n) is 21.1. The lowest BCUT2D eigenvalue weighted by atomic mass is 9.81. The average Bonchev–Trinajstić information content (AvgIpc) is 3.60. The van der Waals surface area contributed by atoms with Crippen molar-refractivity contribution in [2.75, 3.05) is 6.61 Å². The number of H-pyrrole nitrogens is 2. The van der Waals surface area contributed by atoms with Crippen LogP contribution in [0.3, 0.4) is 0 Å². The predicted octanol–water partition coefficient (Wildman–Crippen LogP) is 6.02. The van der Waals surface area contributed by atoms with Crippen LogP contribution in [0, 0.1) is 24.4 Å². The molecule has 3 heterocycles. The van der Waals surface area contributed by atoms with Crippen LogP contribution in [0.25, 0.3) is 22.3 Å². The second-order valence-corrected chi connectivity index (χ2v) is 10.8. The number of thioether (sulfide) groups is 1. The van der Waals surface area contributed by atoms with Gasteiger partial charge in [-0.05, 0) is 43.2 Å². The molecule has 2 aromatic heterocycles. The molecule has 0 spiro atoms. The fourth-order valence-electron chi connectivity index (χ4n) is 4.95. The first-order valence-electron chi connectivity index (χ1n) is 12.3. The summed E-state index contributed by atoms with van der Waals surface area (Å²) in [6, 6.07) is 11.1. The summed E-state index contributed by atoms with van der Waals surface area (Å²) in [5.74, 6) is -2.64. The summed E-state index contributed by atoms with van der Waals surface area (Å²) >= 11 is 0.478. The molecule has 0 amide bonds. The maximum Gasteiger partial charge on any atom is 0.204 e. The molecule has 0 aliphatic carbocycles. The lowest BCUT2D eigenvalue weighted by molar-refractivity contribution is 0.274. The van der Waals surface area contributed by atoms with Crippen molar-refractivity contribution >= 4 is 38.4 Å². The van der Waals surface area contributed by atoms with Gasteiger partial charge in [-0.15, -0.1) is 11.8 Å². The Kier molecular flexibility index (Phi) is 6.62. The largest absolute Gasteiger partial charge is 0.493 e. The van der Waals surface area contributed by atoms with Crippen LogP contribution >= 0.6 is 11.8 Å². The van der Waals surface area contributed by atoms with Crippen molar-refractivity contribution in [1.82, 2.24) is 15.0 Å². The van der Waals surface area contributed by atoms with Crippen LogP contribution in [-0.4, -0.2) is 47.1 Å². The van der Waals surface area contributed by atoms with Gasteiger partial charge in [0.1, 0.15) is 38.8 Å². The number of hydrogen-bond acceptors (Lipinski definition) is 5. The van der Waals surface area contributed by atoms with E-state index in [1.807, 2.05) is 25.1 Å². The van der Waals surface area contributed by atoms with E-state index in [9.17, 15) is 9.50 Å². The fourth-order valence-corrected chi connectivity index (χ4v) is 5.78. The van der Waals surface area contributed by atoms with E-state index in [1.165, 1.54) is 24.4 Å². The molecular formula is C28H20B2F3N3O3S. The molecule has 3 N–H and O–H groups in total. The molecule has 5 aromatic rings. The molecule has 4 radical (unpaired) electrons. The van der Waals surface area contributed by atoms with Gasteiger partial charge >= 0.3 is 0 Å². The third-order valence-corrected chi connectivity index (χ3v) is 7.67. The van der Waals surface area contributed by atoms with Gasteiger partial charge in [-0.2, -0.15) is 4.39 Å². The van der Waals surface area contributed by atoms with Crippen molar-refractivity contribution in [2.45, 2.75) is 28.9 Å². The topological polar surface area (TPSA) is 83.2 Å². The highest BCUT2D eigenvalue weighted by molar-refractivity contribution is 8.03. The van der Waals surface area contributed by atoms with Crippen molar-refractivity contribution in [3.05, 3.63) is 89.1 Å². The number of nitrogens with one attached hydrogen (secondary N) is 2. The Bertz CT molecular complexity index is 1750. The number of ether oxygens (including phenoxy) is 2. The molecule has 40 heavy (non-hydrogen) atoms. The average molecular weight is 557 g/mol. The molecule has 0 bridgehead atoms. The summed E-state index contributed by atoms with van der Waals surface area (Å²) in [7, 11) is 11.1. The van der Waals surface area contributed by atoms with Crippen molar-refractivity contribution in [1.29, 1.82) is 0 Å². The molecule has 6 rings (SSSR count). The Morgan fingerprint density at radius 3 is 2.77 bits per heavy atom. The molecule has 0 fully saturated rings. The summed E-state index contributed by atoms with van der Waals surface area (Å²) in [5, 5.41) is 10.2. The lowest BCUT2D eigenvalue weighted by Crippen LogP contribution is -2.24. The van der Waals surface area contributed by atoms with Crippen molar-refractivity contribution < 1.29 is 27.8 Å². The van der Waals surface area contributed by atoms with Crippen LogP contribution in [0.1, 0.15) is 29.2 Å². The normalized spacial score (nSPS) is 15.2. The first-order valence-corrected chi connectivity index (χ1v) is 13.1. The Balaban J connectivity index is 1.37. The van der Waals surface area contributed by atoms with Crippen LogP contribution in [0.5, 0.6) is 17.2 Å². The van der Waals surface area contributed by atoms with Gasteiger partial charge in [-0.25, -0.2) is 13.8 Å². The number of aromatic amines is 2. The summed E-state index contributed by atoms with van der Waals surface area (Å²) < 4.78 is 54.3. The maximum absolute atomic E-state index is 15.2. The molecule has 3 aromatic carbocycles. The van der Waals surface area contributed by atoms with E-state index < -0.39 is 27.9 Å². The standard InChI is InChI=1S/C28H20B2F3N3O3S/c1-13-3-2-4-16-15(8-10-38-24(13)16)20-12-35-27(36-20)18-11-14(5-6-19(18)31)39-25-22(33)21(32)23-17(7-9-34-23)26(25)40-28(29,30)37/h2-7,9,11-12,15,34,37H,8,10H2,1H3,(H,35,36). The first-order chi connectivity index (χ1) is 19.1. The molecule has 1 aliphatic rings. The number of aryl methyl sites for hydroxylation is 1. The van der Waals surface area contributed by atoms with Crippen LogP contribution in [0.2, 0.25) is 0 Å². The molecule has 12 heteroatoms. The third kappa shape index (κ3) is 4.75. The summed E-state index contributed by atoms with van der Waals surface area (Å²) in [6.07, 6.45) is 3.76. The van der Waals surface area contributed by atoms with E-state index in [2.05, 4.69) is 15.0 Å². The van der Waals surface area contributed by atoms with Gasteiger partial charge in [-0.1, -0.05) is 18.2 Å². The van der Waals surface area contributed by atoms with E-state index in [1.54, 1.807) is 6.20 Å². The smallest absolute Gasteiger partial charge is 0.204 e. The van der Waals surface area contributed by atoms with Crippen LogP contribution in [0.15, 0.2) is 59.8 Å². The van der Waals surface area contributed by atoms with E-state index in [0.717, 1.165) is 28.6 Å². The molecule has 1 aliphatic heterocycles. The van der Waals surface area contributed by atoms with Gasteiger partial charge in [0.2, 0.25) is 5.82 Å². The van der Waals surface area contributed by atoms with Gasteiger partial charge in [0, 0.05) is 39.7 Å². The van der Waals surface area contributed by atoms with Crippen molar-refractivity contribution in [3.8, 4) is 28.6 Å². The number of aromatic nitrogens is 3. The number of rotatable bonds is 6. The van der Waals surface area contributed by atoms with E-state index in [4.69, 9.17) is 25.2 Å². The Morgan fingerprint density at radius 1 is 1.15 bits per heavy atom. The second kappa shape index (κ2) is 10.0. The zero-order chi connectivity index (χ0) is 28.2. The number of fused-ring (bicyclic) bond motifs is 2. The van der Waals surface area contributed by atoms with E-state index >= 15 is 8.78 Å². The number of imidazole rings is 1. The Labute approximate surface area is 234 Å². The molecular weight excluding hydrogens is 537 g/mol. The van der Waals surface area contributed by atoms with Gasteiger partial charge in [-0.3, -0.25) is 0 Å². The highest BCUT2D eigenvalue weighted by Crippen LogP contribution is 2.45. The quantitative estimate of drug-likeness (QED) is 0.135. The fraction of sp³-hybridized carbons (Fsp3) is 0.179. The molecule has 198 valence electrons. The van der Waals surface area contributed by atoms with Gasteiger partial charge in [0.15, 0.2) is 11.6 Å². The summed E-state index contributed by atoms with van der Waals surface area (Å²) in [6.45, 7) is 2.51. The minimum absolute atomic E-state index is 0.00555. The SMILES string of the molecule is [B]C([B])(O)Sc1c(Oc2ccc(F)c(-c3ncc(C4CCOc5c(C)cccc54)[nH]3)c2)c(F)c(F)c2[nH]ccc12. The number of benzene rings is 3. The molecule has 6 nitrogen and oxygen atoms in total. The highest BCUT2D eigenvalue weighted by atomic mass is 32.2. The van der Waals surface area contributed by atoms with Crippen LogP contribution in [0.4, 0.5) is 13.2 Å². The van der Waals surface area contributed by atoms with Crippen LogP contribution in [-0.2, 0) is 0 Å². The number of halogens is 3. The zero-order valence-corrected chi connectivity index (χ0v) is 21.9. The van der Waals surface area contributed by atoms with Crippen LogP contribution < -0.4 is 9.47 Å². The highest BCUT2D eigenvalue weighted by Gasteiger charge is 2.28. The maximum atomic E-state index is 15.2. The second-order valence-electron chi connectivity index (χ2n) is 9.52. The van der Waals surface area contributed by atoms with E-state index in [-0.39, 0.29) is 38.9 Å². The summed E-state index contributed by atoms with van der Waals surface area (Å²) in [4.78, 5) is 10.2. The molecule has 1 unspecified atom stereocenters. The van der Waals surface area contributed by atoms with E-state index in [0.29, 0.717) is 24.8 Å². The van der Waals surface area contributed by atoms with Gasteiger partial charge < -0.3 is 24.5 Å². The number of para-hydroxylation sites is 1. The Morgan fingerprint density at radius 2 is 1.98 bits per heavy atom. The monoisotopic (exact) mass is 557 g/mol. The molecule has 0 saturated carbocycles. The summed E-state index contributed by atoms with van der Waals surface area (Å²) in [5.41, 5.74) is 2.74.